The Hall–Kier alpha value is -0.800. The Kier molecular flexibility index (Phi) is 4.70. The van der Waals surface area contributed by atoms with Crippen molar-refractivity contribution < 1.29 is 9.84 Å². The molecule has 3 heteroatoms. The van der Waals surface area contributed by atoms with E-state index in [1.165, 1.54) is 0 Å². The summed E-state index contributed by atoms with van der Waals surface area (Å²) in [4.78, 5) is 0. The van der Waals surface area contributed by atoms with E-state index in [0.717, 1.165) is 22.2 Å². The predicted molar refractivity (Wildman–Crippen MR) is 61.7 cm³/mol. The smallest absolute Gasteiger partial charge is 0.126 e. The monoisotopic (exact) mass is 256 g/mol. The topological polar surface area (TPSA) is 29.5 Å². The first-order chi connectivity index (χ1) is 6.81. The van der Waals surface area contributed by atoms with Crippen LogP contribution in [0, 0.1) is 0 Å². The van der Waals surface area contributed by atoms with Crippen molar-refractivity contribution in [2.24, 2.45) is 0 Å². The third-order valence-electron chi connectivity index (χ3n) is 1.86. The van der Waals surface area contributed by atoms with Gasteiger partial charge in [-0.15, -0.1) is 0 Å². The Bertz CT molecular complexity index is 321. The summed E-state index contributed by atoms with van der Waals surface area (Å²) in [6, 6.07) is 5.63. The highest BCUT2D eigenvalue weighted by Crippen LogP contribution is 2.21. The van der Waals surface area contributed by atoms with Gasteiger partial charge in [-0.2, -0.15) is 0 Å². The Morgan fingerprint density at radius 2 is 2.29 bits per heavy atom. The van der Waals surface area contributed by atoms with Gasteiger partial charge < -0.3 is 9.84 Å². The Balaban J connectivity index is 3.02. The highest BCUT2D eigenvalue weighted by molar-refractivity contribution is 9.09. The zero-order valence-corrected chi connectivity index (χ0v) is 9.62. The fourth-order valence-corrected chi connectivity index (χ4v) is 1.37. The number of rotatable bonds is 4. The summed E-state index contributed by atoms with van der Waals surface area (Å²) in [7, 11) is 1.64. The van der Waals surface area contributed by atoms with Crippen LogP contribution in [0.5, 0.6) is 5.75 Å². The number of aliphatic hydroxyl groups is 1. The fraction of sp³-hybridized carbons (Fsp3) is 0.273. The molecule has 0 atom stereocenters. The van der Waals surface area contributed by atoms with Gasteiger partial charge >= 0.3 is 0 Å². The maximum absolute atomic E-state index is 8.98. The van der Waals surface area contributed by atoms with Crippen LogP contribution in [0.15, 0.2) is 24.3 Å². The van der Waals surface area contributed by atoms with E-state index < -0.39 is 0 Å². The van der Waals surface area contributed by atoms with Crippen LogP contribution in [0.4, 0.5) is 0 Å². The molecule has 0 saturated heterocycles. The molecule has 0 aliphatic carbocycles. The van der Waals surface area contributed by atoms with Crippen molar-refractivity contribution in [2.45, 2.75) is 6.61 Å². The molecule has 0 fully saturated rings. The van der Waals surface area contributed by atoms with E-state index in [1.54, 1.807) is 7.11 Å². The lowest BCUT2D eigenvalue weighted by molar-refractivity contribution is 0.281. The number of ether oxygens (including phenoxy) is 1. The van der Waals surface area contributed by atoms with Crippen molar-refractivity contribution in [2.75, 3.05) is 12.4 Å². The summed E-state index contributed by atoms with van der Waals surface area (Å²) < 4.78 is 5.19. The van der Waals surface area contributed by atoms with Crippen LogP contribution in [0.1, 0.15) is 11.1 Å². The van der Waals surface area contributed by atoms with Gasteiger partial charge in [0.05, 0.1) is 13.7 Å². The molecular weight excluding hydrogens is 244 g/mol. The van der Waals surface area contributed by atoms with Crippen molar-refractivity contribution in [1.29, 1.82) is 0 Å². The number of hydrogen-bond donors (Lipinski definition) is 1. The van der Waals surface area contributed by atoms with Gasteiger partial charge in [0.15, 0.2) is 0 Å². The lowest BCUT2D eigenvalue weighted by Gasteiger charge is -2.06. The molecule has 0 bridgehead atoms. The molecule has 0 aliphatic heterocycles. The van der Waals surface area contributed by atoms with Crippen LogP contribution in [-0.4, -0.2) is 17.5 Å². The molecule has 0 amide bonds. The van der Waals surface area contributed by atoms with Crippen molar-refractivity contribution in [3.63, 3.8) is 0 Å². The molecule has 1 rings (SSSR count). The molecule has 1 aromatic carbocycles. The van der Waals surface area contributed by atoms with E-state index in [9.17, 15) is 0 Å². The molecule has 14 heavy (non-hydrogen) atoms. The highest BCUT2D eigenvalue weighted by atomic mass is 79.9. The van der Waals surface area contributed by atoms with Crippen molar-refractivity contribution in [3.8, 4) is 5.75 Å². The number of allylic oxidation sites excluding steroid dienone is 1. The van der Waals surface area contributed by atoms with E-state index in [4.69, 9.17) is 9.84 Å². The zero-order valence-electron chi connectivity index (χ0n) is 8.03. The van der Waals surface area contributed by atoms with Gasteiger partial charge in [0.2, 0.25) is 0 Å². The van der Waals surface area contributed by atoms with Gasteiger partial charge in [-0.3, -0.25) is 0 Å². The van der Waals surface area contributed by atoms with Gasteiger partial charge in [-0.1, -0.05) is 34.1 Å². The average molecular weight is 257 g/mol. The van der Waals surface area contributed by atoms with Crippen LogP contribution in [-0.2, 0) is 6.61 Å². The molecule has 0 aromatic heterocycles. The lowest BCUT2D eigenvalue weighted by Crippen LogP contribution is -1.90. The van der Waals surface area contributed by atoms with Crippen molar-refractivity contribution in [1.82, 2.24) is 0 Å². The molecule has 1 aromatic rings. The number of hydrogen-bond acceptors (Lipinski definition) is 2. The molecule has 76 valence electrons. The fourth-order valence-electron chi connectivity index (χ4n) is 1.18. The standard InChI is InChI=1S/C11H13BrO2/c1-14-11-5-4-9(8-13)7-10(11)3-2-6-12/h2-5,7,13H,6,8H2,1H3. The quantitative estimate of drug-likeness (QED) is 0.840. The Morgan fingerprint density at radius 1 is 1.50 bits per heavy atom. The predicted octanol–water partition coefficient (Wildman–Crippen LogP) is 2.60. The average Bonchev–Trinajstić information content (AvgIpc) is 2.25. The lowest BCUT2D eigenvalue weighted by atomic mass is 10.1. The minimum atomic E-state index is 0.0547. The second kappa shape index (κ2) is 5.83. The van der Waals surface area contributed by atoms with E-state index in [1.807, 2.05) is 30.4 Å². The van der Waals surface area contributed by atoms with Crippen molar-refractivity contribution >= 4 is 22.0 Å². The summed E-state index contributed by atoms with van der Waals surface area (Å²) in [6.07, 6.45) is 3.95. The second-order valence-electron chi connectivity index (χ2n) is 2.79. The zero-order chi connectivity index (χ0) is 10.4. The maximum atomic E-state index is 8.98. The first-order valence-corrected chi connectivity index (χ1v) is 5.44. The summed E-state index contributed by atoms with van der Waals surface area (Å²) >= 11 is 3.31. The van der Waals surface area contributed by atoms with E-state index >= 15 is 0 Å². The van der Waals surface area contributed by atoms with Gasteiger partial charge in [0, 0.05) is 10.9 Å². The maximum Gasteiger partial charge on any atom is 0.126 e. The molecule has 0 spiro atoms. The number of halogens is 1. The molecule has 0 aliphatic rings. The number of aliphatic hydroxyl groups excluding tert-OH is 1. The molecule has 0 radical (unpaired) electrons. The van der Waals surface area contributed by atoms with Crippen LogP contribution >= 0.6 is 15.9 Å². The molecule has 0 heterocycles. The number of alkyl halides is 1. The van der Waals surface area contributed by atoms with Crippen molar-refractivity contribution in [3.05, 3.63) is 35.4 Å². The highest BCUT2D eigenvalue weighted by Gasteiger charge is 2.00. The van der Waals surface area contributed by atoms with Gasteiger partial charge in [-0.25, -0.2) is 0 Å². The first kappa shape index (κ1) is 11.3. The van der Waals surface area contributed by atoms with Crippen LogP contribution in [0.3, 0.4) is 0 Å². The van der Waals surface area contributed by atoms with Crippen LogP contribution < -0.4 is 4.74 Å². The molecule has 1 N–H and O–H groups in total. The largest absolute Gasteiger partial charge is 0.496 e. The van der Waals surface area contributed by atoms with Gasteiger partial charge in [0.25, 0.3) is 0 Å². The second-order valence-corrected chi connectivity index (χ2v) is 3.44. The van der Waals surface area contributed by atoms with E-state index in [-0.39, 0.29) is 6.61 Å². The molecular formula is C11H13BrO2. The summed E-state index contributed by atoms with van der Waals surface area (Å²) in [6.45, 7) is 0.0547. The van der Waals surface area contributed by atoms with Crippen LogP contribution in [0.25, 0.3) is 6.08 Å². The summed E-state index contributed by atoms with van der Waals surface area (Å²) in [5.41, 5.74) is 1.87. The third-order valence-corrected chi connectivity index (χ3v) is 2.24. The molecule has 2 nitrogen and oxygen atoms in total. The normalized spacial score (nSPS) is 10.8. The first-order valence-electron chi connectivity index (χ1n) is 4.32. The number of benzene rings is 1. The SMILES string of the molecule is COc1ccc(CO)cc1C=CCBr. The van der Waals surface area contributed by atoms with Gasteiger partial charge in [-0.05, 0) is 17.7 Å². The van der Waals surface area contributed by atoms with E-state index in [0.29, 0.717) is 0 Å². The molecule has 0 unspecified atom stereocenters. The Morgan fingerprint density at radius 3 is 2.86 bits per heavy atom. The van der Waals surface area contributed by atoms with Crippen LogP contribution in [0.2, 0.25) is 0 Å². The Labute approximate surface area is 92.3 Å². The van der Waals surface area contributed by atoms with Gasteiger partial charge in [0.1, 0.15) is 5.75 Å². The number of methoxy groups -OCH3 is 1. The minimum absolute atomic E-state index is 0.0547. The molecule has 0 saturated carbocycles. The minimum Gasteiger partial charge on any atom is -0.496 e. The van der Waals surface area contributed by atoms with E-state index in [2.05, 4.69) is 15.9 Å². The third kappa shape index (κ3) is 2.86. The summed E-state index contributed by atoms with van der Waals surface area (Å²) in [5, 5.41) is 9.78. The summed E-state index contributed by atoms with van der Waals surface area (Å²) in [5.74, 6) is 0.819.